The minimum atomic E-state index is -0.290. The van der Waals surface area contributed by atoms with Crippen LogP contribution in [-0.2, 0) is 6.42 Å². The van der Waals surface area contributed by atoms with E-state index >= 15 is 0 Å². The average molecular weight is 350 g/mol. The molecule has 2 fully saturated rings. The average Bonchev–Trinajstić information content (AvgIpc) is 3.08. The van der Waals surface area contributed by atoms with Gasteiger partial charge in [0.1, 0.15) is 5.69 Å². The number of carbonyl (C=O) groups is 2. The molecule has 0 bridgehead atoms. The monoisotopic (exact) mass is 350 g/mol. The summed E-state index contributed by atoms with van der Waals surface area (Å²) in [5, 5.41) is 9.01. The van der Waals surface area contributed by atoms with Crippen molar-refractivity contribution in [2.75, 3.05) is 20.1 Å². The number of piperidine rings is 1. The van der Waals surface area contributed by atoms with E-state index in [4.69, 9.17) is 0 Å². The van der Waals surface area contributed by atoms with Gasteiger partial charge in [-0.1, -0.05) is 30.3 Å². The molecule has 1 saturated heterocycles. The van der Waals surface area contributed by atoms with Crippen molar-refractivity contribution >= 4 is 11.8 Å². The number of aromatic nitrogens is 1. The zero-order valence-corrected chi connectivity index (χ0v) is 14.7. The van der Waals surface area contributed by atoms with Gasteiger partial charge in [-0.3, -0.25) is 9.59 Å². The summed E-state index contributed by atoms with van der Waals surface area (Å²) in [4.78, 5) is 29.2. The van der Waals surface area contributed by atoms with Crippen LogP contribution < -0.4 is 16.0 Å². The second-order valence-corrected chi connectivity index (χ2v) is 6.96. The molecule has 1 aliphatic carbocycles. The Kier molecular flexibility index (Phi) is 4.42. The summed E-state index contributed by atoms with van der Waals surface area (Å²) in [7, 11) is 1.56. The van der Waals surface area contributed by atoms with E-state index < -0.39 is 0 Å². The van der Waals surface area contributed by atoms with E-state index in [1.165, 1.54) is 0 Å². The second-order valence-electron chi connectivity index (χ2n) is 6.96. The molecule has 1 aromatic carbocycles. The SMILES string of the molecule is CNC(=O)c1cc(C(=O)N[C@H]2[C@@H]3CNC[C@@H]32)cc(Cc2ccccc2)n1. The van der Waals surface area contributed by atoms with Crippen molar-refractivity contribution in [3.05, 3.63) is 65.0 Å². The van der Waals surface area contributed by atoms with Crippen LogP contribution in [0, 0.1) is 11.8 Å². The lowest BCUT2D eigenvalue weighted by atomic mass is 10.1. The molecule has 2 aromatic rings. The van der Waals surface area contributed by atoms with Crippen LogP contribution in [0.25, 0.3) is 0 Å². The Morgan fingerprint density at radius 2 is 1.85 bits per heavy atom. The van der Waals surface area contributed by atoms with Crippen LogP contribution >= 0.6 is 0 Å². The standard InChI is InChI=1S/C20H22N4O2/c1-21-20(26)17-9-13(19(25)24-18-15-10-22-11-16(15)18)8-14(23-17)7-12-5-3-2-4-6-12/h2-6,8-9,15-16,18,22H,7,10-11H2,1H3,(H,21,26)(H,24,25)/t15-,16+,18+. The quantitative estimate of drug-likeness (QED) is 0.751. The molecule has 1 saturated carbocycles. The van der Waals surface area contributed by atoms with Crippen molar-refractivity contribution < 1.29 is 9.59 Å². The predicted molar refractivity (Wildman–Crippen MR) is 98.0 cm³/mol. The van der Waals surface area contributed by atoms with E-state index in [0.29, 0.717) is 29.5 Å². The predicted octanol–water partition coefficient (Wildman–Crippen LogP) is 0.980. The van der Waals surface area contributed by atoms with E-state index in [1.807, 2.05) is 30.3 Å². The molecule has 26 heavy (non-hydrogen) atoms. The highest BCUT2D eigenvalue weighted by atomic mass is 16.2. The minimum Gasteiger partial charge on any atom is -0.354 e. The molecule has 2 amide bonds. The summed E-state index contributed by atoms with van der Waals surface area (Å²) in [6, 6.07) is 13.5. The smallest absolute Gasteiger partial charge is 0.269 e. The molecule has 3 atom stereocenters. The first-order valence-corrected chi connectivity index (χ1v) is 8.94. The highest BCUT2D eigenvalue weighted by molar-refractivity contribution is 5.98. The van der Waals surface area contributed by atoms with Gasteiger partial charge in [-0.05, 0) is 29.5 Å². The van der Waals surface area contributed by atoms with Crippen molar-refractivity contribution in [1.82, 2.24) is 20.9 Å². The van der Waals surface area contributed by atoms with E-state index in [-0.39, 0.29) is 23.6 Å². The molecular formula is C20H22N4O2. The Morgan fingerprint density at radius 3 is 2.54 bits per heavy atom. The number of hydrogen-bond donors (Lipinski definition) is 3. The first kappa shape index (κ1) is 16.7. The maximum atomic E-state index is 12.7. The lowest BCUT2D eigenvalue weighted by Crippen LogP contribution is -2.33. The molecule has 0 unspecified atom stereocenters. The zero-order valence-electron chi connectivity index (χ0n) is 14.7. The van der Waals surface area contributed by atoms with Gasteiger partial charge in [0.2, 0.25) is 0 Å². The fraction of sp³-hybridized carbons (Fsp3) is 0.350. The second kappa shape index (κ2) is 6.88. The Bertz CT molecular complexity index is 827. The lowest BCUT2D eigenvalue weighted by Gasteiger charge is -2.11. The van der Waals surface area contributed by atoms with Crippen LogP contribution in [0.3, 0.4) is 0 Å². The number of hydrogen-bond acceptors (Lipinski definition) is 4. The van der Waals surface area contributed by atoms with Gasteiger partial charge in [0.05, 0.1) is 0 Å². The van der Waals surface area contributed by atoms with Crippen molar-refractivity contribution in [3.8, 4) is 0 Å². The highest BCUT2D eigenvalue weighted by Crippen LogP contribution is 2.41. The van der Waals surface area contributed by atoms with Gasteiger partial charge < -0.3 is 16.0 Å². The van der Waals surface area contributed by atoms with Gasteiger partial charge in [-0.15, -0.1) is 0 Å². The molecular weight excluding hydrogens is 328 g/mol. The van der Waals surface area contributed by atoms with Gasteiger partial charge >= 0.3 is 0 Å². The zero-order chi connectivity index (χ0) is 18.1. The number of benzene rings is 1. The van der Waals surface area contributed by atoms with E-state index in [0.717, 1.165) is 18.7 Å². The molecule has 4 rings (SSSR count). The van der Waals surface area contributed by atoms with Gasteiger partial charge in [0.15, 0.2) is 0 Å². The Morgan fingerprint density at radius 1 is 1.12 bits per heavy atom. The third-order valence-corrected chi connectivity index (χ3v) is 5.22. The summed E-state index contributed by atoms with van der Waals surface area (Å²) >= 11 is 0. The molecule has 6 nitrogen and oxygen atoms in total. The minimum absolute atomic E-state index is 0.133. The molecule has 0 spiro atoms. The Balaban J connectivity index is 1.57. The van der Waals surface area contributed by atoms with Crippen molar-refractivity contribution in [3.63, 3.8) is 0 Å². The summed E-state index contributed by atoms with van der Waals surface area (Å²) in [6.45, 7) is 1.93. The van der Waals surface area contributed by atoms with Crippen molar-refractivity contribution in [2.45, 2.75) is 12.5 Å². The Hall–Kier alpha value is -2.73. The van der Waals surface area contributed by atoms with Crippen LogP contribution in [0.2, 0.25) is 0 Å². The number of rotatable bonds is 5. The Labute approximate surface area is 152 Å². The maximum absolute atomic E-state index is 12.7. The fourth-order valence-electron chi connectivity index (χ4n) is 3.73. The summed E-state index contributed by atoms with van der Waals surface area (Å²) in [6.07, 6.45) is 0.574. The number of nitrogens with one attached hydrogen (secondary N) is 3. The van der Waals surface area contributed by atoms with Crippen LogP contribution in [0.4, 0.5) is 0 Å². The first-order valence-electron chi connectivity index (χ1n) is 8.94. The van der Waals surface area contributed by atoms with Crippen LogP contribution in [0.1, 0.15) is 32.1 Å². The molecule has 3 N–H and O–H groups in total. The van der Waals surface area contributed by atoms with E-state index in [9.17, 15) is 9.59 Å². The van der Waals surface area contributed by atoms with Crippen LogP contribution in [0.5, 0.6) is 0 Å². The summed E-state index contributed by atoms with van der Waals surface area (Å²) in [5.74, 6) is 0.665. The molecule has 1 aliphatic heterocycles. The molecule has 0 radical (unpaired) electrons. The largest absolute Gasteiger partial charge is 0.354 e. The molecule has 134 valence electrons. The number of pyridine rings is 1. The maximum Gasteiger partial charge on any atom is 0.269 e. The first-order chi connectivity index (χ1) is 12.7. The molecule has 2 heterocycles. The van der Waals surface area contributed by atoms with Gasteiger partial charge in [0.25, 0.3) is 11.8 Å². The summed E-state index contributed by atoms with van der Waals surface area (Å²) < 4.78 is 0. The molecule has 2 aliphatic rings. The fourth-order valence-corrected chi connectivity index (χ4v) is 3.73. The van der Waals surface area contributed by atoms with Crippen LogP contribution in [-0.4, -0.2) is 43.0 Å². The van der Waals surface area contributed by atoms with Crippen molar-refractivity contribution in [1.29, 1.82) is 0 Å². The van der Waals surface area contributed by atoms with Gasteiger partial charge in [-0.25, -0.2) is 4.98 Å². The normalized spacial score (nSPS) is 23.2. The number of amides is 2. The highest BCUT2D eigenvalue weighted by Gasteiger charge is 2.53. The third-order valence-electron chi connectivity index (χ3n) is 5.22. The number of carbonyl (C=O) groups excluding carboxylic acids is 2. The van der Waals surface area contributed by atoms with E-state index in [2.05, 4.69) is 20.9 Å². The number of nitrogens with zero attached hydrogens (tertiary/aromatic N) is 1. The topological polar surface area (TPSA) is 83.1 Å². The lowest BCUT2D eigenvalue weighted by molar-refractivity contribution is 0.0946. The van der Waals surface area contributed by atoms with Gasteiger partial charge in [-0.2, -0.15) is 0 Å². The van der Waals surface area contributed by atoms with Crippen LogP contribution in [0.15, 0.2) is 42.5 Å². The van der Waals surface area contributed by atoms with E-state index in [1.54, 1.807) is 19.2 Å². The van der Waals surface area contributed by atoms with Gasteiger partial charge in [0, 0.05) is 43.9 Å². The van der Waals surface area contributed by atoms with Crippen molar-refractivity contribution in [2.24, 2.45) is 11.8 Å². The third kappa shape index (κ3) is 3.32. The number of fused-ring (bicyclic) bond motifs is 1. The molecule has 1 aromatic heterocycles. The summed E-state index contributed by atoms with van der Waals surface area (Å²) in [5.41, 5.74) is 2.55. The molecule has 6 heteroatoms.